The van der Waals surface area contributed by atoms with Crippen LogP contribution < -0.4 is 21.3 Å². The fourth-order valence-electron chi connectivity index (χ4n) is 5.86. The molecule has 0 aromatic rings. The van der Waals surface area contributed by atoms with Crippen molar-refractivity contribution in [3.05, 3.63) is 12.7 Å². The molecule has 2 aliphatic rings. The van der Waals surface area contributed by atoms with Crippen molar-refractivity contribution in [2.75, 3.05) is 32.9 Å². The van der Waals surface area contributed by atoms with Crippen LogP contribution in [0.2, 0.25) is 0 Å². The van der Waals surface area contributed by atoms with Gasteiger partial charge in [0.05, 0.1) is 12.3 Å². The van der Waals surface area contributed by atoms with Crippen molar-refractivity contribution in [1.29, 1.82) is 0 Å². The highest BCUT2D eigenvalue weighted by Crippen LogP contribution is 2.30. The normalized spacial score (nSPS) is 19.6. The zero-order valence-electron chi connectivity index (χ0n) is 28.5. The predicted octanol–water partition coefficient (Wildman–Crippen LogP) is 2.23. The standard InChI is InChI=1S/C31H51F3N6O7S/c1-7-17-35-27(43)25(41)21(15-16-31(32,33)34)36-26(42)22-14-11-18-40(22)28(44)24(20-12-9-8-10-13-20)38-29(45)37-23(30(2,3)4)19-39(5)48(6,46)47/h7,20-24H,1,8-19H2,2-6H3,(H,35,43)(H,36,42)(H2,37,38,45)/t21?,22-,23+,24-/m0/s1. The van der Waals surface area contributed by atoms with Crippen LogP contribution in [0.5, 0.6) is 0 Å². The van der Waals surface area contributed by atoms with Crippen LogP contribution in [0.15, 0.2) is 12.7 Å². The van der Waals surface area contributed by atoms with E-state index in [4.69, 9.17) is 0 Å². The number of likely N-dealkylation sites (tertiary alicyclic amines) is 1. The third-order valence-corrected chi connectivity index (χ3v) is 10.1. The van der Waals surface area contributed by atoms with Crippen LogP contribution in [0, 0.1) is 11.3 Å². The molecule has 1 saturated carbocycles. The van der Waals surface area contributed by atoms with Gasteiger partial charge in [0.2, 0.25) is 27.6 Å². The lowest BCUT2D eigenvalue weighted by Gasteiger charge is -2.37. The second-order valence-corrected chi connectivity index (χ2v) is 15.8. The van der Waals surface area contributed by atoms with Gasteiger partial charge in [-0.15, -0.1) is 6.58 Å². The minimum absolute atomic E-state index is 0.0218. The van der Waals surface area contributed by atoms with E-state index in [0.29, 0.717) is 19.3 Å². The van der Waals surface area contributed by atoms with Crippen molar-refractivity contribution in [2.24, 2.45) is 11.3 Å². The number of Topliss-reactive ketones (excluding diaryl/α,β-unsaturated/α-hetero) is 1. The van der Waals surface area contributed by atoms with Crippen molar-refractivity contribution in [3.8, 4) is 0 Å². The average molecular weight is 709 g/mol. The summed E-state index contributed by atoms with van der Waals surface area (Å²) in [6, 6.07) is -5.29. The van der Waals surface area contributed by atoms with E-state index in [-0.39, 0.29) is 32.0 Å². The minimum atomic E-state index is -4.65. The first kappa shape index (κ1) is 41.0. The Bertz CT molecular complexity index is 1280. The number of alkyl halides is 3. The molecule has 0 bridgehead atoms. The Morgan fingerprint density at radius 3 is 2.15 bits per heavy atom. The first-order valence-corrected chi connectivity index (χ1v) is 18.1. The van der Waals surface area contributed by atoms with Gasteiger partial charge in [0.15, 0.2) is 0 Å². The number of nitrogens with one attached hydrogen (secondary N) is 4. The summed E-state index contributed by atoms with van der Waals surface area (Å²) in [6.45, 7) is 8.91. The molecular weight excluding hydrogens is 657 g/mol. The van der Waals surface area contributed by atoms with Gasteiger partial charge in [0.25, 0.3) is 5.91 Å². The number of likely N-dealkylation sites (N-methyl/N-ethyl adjacent to an activating group) is 1. The zero-order chi connectivity index (χ0) is 36.4. The Labute approximate surface area is 281 Å². The first-order valence-electron chi connectivity index (χ1n) is 16.2. The van der Waals surface area contributed by atoms with Gasteiger partial charge in [0.1, 0.15) is 12.1 Å². The van der Waals surface area contributed by atoms with Gasteiger partial charge in [-0.1, -0.05) is 46.1 Å². The summed E-state index contributed by atoms with van der Waals surface area (Å²) in [5, 5.41) is 10.1. The Morgan fingerprint density at radius 1 is 0.979 bits per heavy atom. The van der Waals surface area contributed by atoms with Crippen molar-refractivity contribution < 1.29 is 45.6 Å². The summed E-state index contributed by atoms with van der Waals surface area (Å²) in [5.41, 5.74) is -0.568. The van der Waals surface area contributed by atoms with Crippen molar-refractivity contribution in [2.45, 2.75) is 109 Å². The molecule has 0 radical (unpaired) electrons. The minimum Gasteiger partial charge on any atom is -0.346 e. The number of hydrogen-bond acceptors (Lipinski definition) is 7. The Balaban J connectivity index is 2.29. The molecule has 1 saturated heterocycles. The molecule has 1 aliphatic heterocycles. The second kappa shape index (κ2) is 17.4. The van der Waals surface area contributed by atoms with Crippen molar-refractivity contribution in [3.63, 3.8) is 0 Å². The molecule has 1 aliphatic carbocycles. The number of urea groups is 1. The van der Waals surface area contributed by atoms with Gasteiger partial charge in [-0.25, -0.2) is 17.5 Å². The van der Waals surface area contributed by atoms with E-state index in [1.54, 1.807) is 0 Å². The lowest BCUT2D eigenvalue weighted by atomic mass is 9.83. The topological polar surface area (TPSA) is 174 Å². The largest absolute Gasteiger partial charge is 0.389 e. The summed E-state index contributed by atoms with van der Waals surface area (Å²) in [4.78, 5) is 67.3. The number of halogens is 3. The molecule has 5 amide bonds. The smallest absolute Gasteiger partial charge is 0.346 e. The summed E-state index contributed by atoms with van der Waals surface area (Å²) >= 11 is 0. The number of nitrogens with zero attached hydrogens (tertiary/aromatic N) is 2. The molecule has 17 heteroatoms. The molecular formula is C31H51F3N6O7S. The van der Waals surface area contributed by atoms with Gasteiger partial charge in [0, 0.05) is 39.1 Å². The fraction of sp³-hybridized carbons (Fsp3) is 0.774. The highest BCUT2D eigenvalue weighted by Gasteiger charge is 2.43. The van der Waals surface area contributed by atoms with Crippen LogP contribution in [0.25, 0.3) is 0 Å². The maximum absolute atomic E-state index is 14.1. The van der Waals surface area contributed by atoms with E-state index in [1.807, 2.05) is 20.8 Å². The zero-order valence-corrected chi connectivity index (χ0v) is 29.3. The summed E-state index contributed by atoms with van der Waals surface area (Å²) in [6.07, 6.45) is -0.196. The number of hydrogen-bond donors (Lipinski definition) is 4. The van der Waals surface area contributed by atoms with Crippen LogP contribution in [-0.2, 0) is 29.2 Å². The maximum Gasteiger partial charge on any atom is 0.389 e. The van der Waals surface area contributed by atoms with Crippen LogP contribution in [0.4, 0.5) is 18.0 Å². The van der Waals surface area contributed by atoms with E-state index in [2.05, 4.69) is 27.8 Å². The highest BCUT2D eigenvalue weighted by molar-refractivity contribution is 7.88. The quantitative estimate of drug-likeness (QED) is 0.149. The van der Waals surface area contributed by atoms with Crippen molar-refractivity contribution >= 4 is 39.6 Å². The molecule has 0 aromatic carbocycles. The molecule has 48 heavy (non-hydrogen) atoms. The number of sulfonamides is 1. The molecule has 1 unspecified atom stereocenters. The van der Waals surface area contributed by atoms with E-state index in [9.17, 15) is 45.6 Å². The van der Waals surface area contributed by atoms with Gasteiger partial charge >= 0.3 is 12.2 Å². The molecule has 2 rings (SSSR count). The first-order chi connectivity index (χ1) is 22.2. The molecule has 1 heterocycles. The monoisotopic (exact) mass is 708 g/mol. The number of amides is 5. The third-order valence-electron chi connectivity index (χ3n) is 8.85. The van der Waals surface area contributed by atoms with Crippen LogP contribution in [0.3, 0.4) is 0 Å². The van der Waals surface area contributed by atoms with E-state index in [1.165, 1.54) is 18.0 Å². The van der Waals surface area contributed by atoms with Gasteiger partial charge in [-0.2, -0.15) is 13.2 Å². The van der Waals surface area contributed by atoms with E-state index >= 15 is 0 Å². The second-order valence-electron chi connectivity index (χ2n) is 13.7. The summed E-state index contributed by atoms with van der Waals surface area (Å²) in [5.74, 6) is -4.11. The molecule has 274 valence electrons. The third kappa shape index (κ3) is 12.7. The maximum atomic E-state index is 14.1. The molecule has 4 N–H and O–H groups in total. The number of carbonyl (C=O) groups is 5. The Kier molecular flexibility index (Phi) is 14.9. The summed E-state index contributed by atoms with van der Waals surface area (Å²) < 4.78 is 64.4. The Hall–Kier alpha value is -3.21. The highest BCUT2D eigenvalue weighted by atomic mass is 32.2. The van der Waals surface area contributed by atoms with Crippen molar-refractivity contribution in [1.82, 2.24) is 30.5 Å². The molecule has 13 nitrogen and oxygen atoms in total. The Morgan fingerprint density at radius 2 is 1.60 bits per heavy atom. The number of rotatable bonds is 15. The molecule has 0 spiro atoms. The number of ketones is 1. The van der Waals surface area contributed by atoms with Gasteiger partial charge < -0.3 is 26.2 Å². The fourth-order valence-corrected chi connectivity index (χ4v) is 6.27. The average Bonchev–Trinajstić information content (AvgIpc) is 3.49. The molecule has 4 atom stereocenters. The molecule has 0 aromatic heterocycles. The van der Waals surface area contributed by atoms with E-state index < -0.39 is 88.2 Å². The summed E-state index contributed by atoms with van der Waals surface area (Å²) in [7, 11) is -2.15. The van der Waals surface area contributed by atoms with Gasteiger partial charge in [-0.3, -0.25) is 19.2 Å². The van der Waals surface area contributed by atoms with Crippen LogP contribution in [0.1, 0.15) is 78.6 Å². The van der Waals surface area contributed by atoms with Gasteiger partial charge in [-0.05, 0) is 43.4 Å². The lowest BCUT2D eigenvalue weighted by molar-refractivity contribution is -0.147. The van der Waals surface area contributed by atoms with E-state index in [0.717, 1.165) is 29.8 Å². The number of carbonyl (C=O) groups excluding carboxylic acids is 5. The molecule has 2 fully saturated rings. The predicted molar refractivity (Wildman–Crippen MR) is 173 cm³/mol. The SMILES string of the molecule is C=CCNC(=O)C(=O)C(CCC(F)(F)F)NC(=O)[C@@H]1CCCN1C(=O)[C@@H](NC(=O)N[C@H](CN(C)S(C)(=O)=O)C(C)(C)C)C1CCCCC1. The van der Waals surface area contributed by atoms with Crippen LogP contribution in [-0.4, -0.2) is 110 Å². The lowest BCUT2D eigenvalue weighted by Crippen LogP contribution is -2.60. The van der Waals surface area contributed by atoms with Crippen LogP contribution >= 0.6 is 0 Å².